The van der Waals surface area contributed by atoms with E-state index in [0.29, 0.717) is 6.61 Å². The van der Waals surface area contributed by atoms with Gasteiger partial charge >= 0.3 is 0 Å². The summed E-state index contributed by atoms with van der Waals surface area (Å²) < 4.78 is 11.1. The molecule has 0 spiro atoms. The van der Waals surface area contributed by atoms with Gasteiger partial charge in [-0.25, -0.2) is 0 Å². The highest BCUT2D eigenvalue weighted by molar-refractivity contribution is 5.89. The number of fused-ring (bicyclic) bond motifs is 1. The molecule has 0 aromatic heterocycles. The molecule has 0 heterocycles. The zero-order valence-corrected chi connectivity index (χ0v) is 11.6. The Morgan fingerprint density at radius 2 is 1.84 bits per heavy atom. The van der Waals surface area contributed by atoms with Crippen molar-refractivity contribution in [3.8, 4) is 5.75 Å². The minimum Gasteiger partial charge on any atom is -0.490 e. The molecule has 19 heavy (non-hydrogen) atoms. The molecule has 0 bridgehead atoms. The normalized spacial score (nSPS) is 14.3. The Morgan fingerprint density at radius 1 is 1.11 bits per heavy atom. The van der Waals surface area contributed by atoms with Crippen molar-refractivity contribution in [2.75, 3.05) is 13.7 Å². The summed E-state index contributed by atoms with van der Waals surface area (Å²) in [6.45, 7) is 4.16. The van der Waals surface area contributed by atoms with E-state index in [1.165, 1.54) is 0 Å². The molecule has 0 aliphatic rings. The molecule has 0 aliphatic carbocycles. The van der Waals surface area contributed by atoms with Crippen LogP contribution in [-0.2, 0) is 4.74 Å². The summed E-state index contributed by atoms with van der Waals surface area (Å²) in [5.41, 5.74) is 0.807. The van der Waals surface area contributed by atoms with Crippen LogP contribution in [0.5, 0.6) is 5.75 Å². The lowest BCUT2D eigenvalue weighted by Crippen LogP contribution is -2.17. The van der Waals surface area contributed by atoms with Crippen LogP contribution in [0.4, 0.5) is 0 Å². The third-order valence-corrected chi connectivity index (χ3v) is 3.22. The fraction of sp³-hybridized carbons (Fsp3) is 0.375. The van der Waals surface area contributed by atoms with Crippen LogP contribution in [0.15, 0.2) is 36.4 Å². The van der Waals surface area contributed by atoms with Crippen LogP contribution in [0, 0.1) is 0 Å². The molecular formula is C16H20O3. The van der Waals surface area contributed by atoms with Crippen LogP contribution in [0.3, 0.4) is 0 Å². The molecule has 0 amide bonds. The molecular weight excluding hydrogens is 240 g/mol. The number of rotatable bonds is 5. The standard InChI is InChI=1S/C16H20O3/c1-11(18-3)10-19-16-14(12(2)17)9-8-13-6-4-5-7-15(13)16/h4-9,11-12,17H,10H2,1-3H3/t11?,12-/m0/s1. The first-order valence-electron chi connectivity index (χ1n) is 6.48. The molecule has 102 valence electrons. The van der Waals surface area contributed by atoms with E-state index >= 15 is 0 Å². The van der Waals surface area contributed by atoms with E-state index in [9.17, 15) is 5.11 Å². The molecule has 3 heteroatoms. The zero-order valence-electron chi connectivity index (χ0n) is 11.6. The Balaban J connectivity index is 2.43. The minimum absolute atomic E-state index is 0.0146. The predicted octanol–water partition coefficient (Wildman–Crippen LogP) is 3.31. The van der Waals surface area contributed by atoms with E-state index in [1.807, 2.05) is 43.3 Å². The van der Waals surface area contributed by atoms with Crippen LogP contribution in [0.2, 0.25) is 0 Å². The summed E-state index contributed by atoms with van der Waals surface area (Å²) in [4.78, 5) is 0. The van der Waals surface area contributed by atoms with E-state index in [0.717, 1.165) is 22.1 Å². The summed E-state index contributed by atoms with van der Waals surface area (Å²) >= 11 is 0. The second-order valence-electron chi connectivity index (χ2n) is 4.74. The molecule has 2 rings (SSSR count). The van der Waals surface area contributed by atoms with Gasteiger partial charge in [0.2, 0.25) is 0 Å². The SMILES string of the molecule is COC(C)COc1c([C@H](C)O)ccc2ccccc12. The van der Waals surface area contributed by atoms with Crippen molar-refractivity contribution in [3.63, 3.8) is 0 Å². The van der Waals surface area contributed by atoms with Gasteiger partial charge in [0, 0.05) is 18.1 Å². The lowest BCUT2D eigenvalue weighted by atomic mass is 10.0. The highest BCUT2D eigenvalue weighted by Crippen LogP contribution is 2.33. The fourth-order valence-corrected chi connectivity index (χ4v) is 2.02. The first-order chi connectivity index (χ1) is 9.13. The van der Waals surface area contributed by atoms with Crippen LogP contribution in [0.25, 0.3) is 10.8 Å². The average Bonchev–Trinajstić information content (AvgIpc) is 2.43. The van der Waals surface area contributed by atoms with Crippen molar-refractivity contribution in [3.05, 3.63) is 42.0 Å². The molecule has 2 aromatic rings. The van der Waals surface area contributed by atoms with Crippen molar-refractivity contribution in [2.24, 2.45) is 0 Å². The number of ether oxygens (including phenoxy) is 2. The Labute approximate surface area is 113 Å². The number of aliphatic hydroxyl groups excluding tert-OH is 1. The van der Waals surface area contributed by atoms with Crippen LogP contribution in [0.1, 0.15) is 25.5 Å². The molecule has 0 saturated carbocycles. The van der Waals surface area contributed by atoms with Crippen molar-refractivity contribution in [1.82, 2.24) is 0 Å². The monoisotopic (exact) mass is 260 g/mol. The van der Waals surface area contributed by atoms with E-state index in [4.69, 9.17) is 9.47 Å². The highest BCUT2D eigenvalue weighted by atomic mass is 16.5. The van der Waals surface area contributed by atoms with Crippen LogP contribution < -0.4 is 4.74 Å². The van der Waals surface area contributed by atoms with Gasteiger partial charge in [-0.05, 0) is 19.2 Å². The number of hydrogen-bond donors (Lipinski definition) is 1. The van der Waals surface area contributed by atoms with Crippen LogP contribution >= 0.6 is 0 Å². The molecule has 0 saturated heterocycles. The molecule has 2 atom stereocenters. The van der Waals surface area contributed by atoms with Gasteiger partial charge in [-0.1, -0.05) is 36.4 Å². The Morgan fingerprint density at radius 3 is 2.53 bits per heavy atom. The molecule has 0 fully saturated rings. The van der Waals surface area contributed by atoms with E-state index in [-0.39, 0.29) is 6.10 Å². The largest absolute Gasteiger partial charge is 0.490 e. The molecule has 0 aliphatic heterocycles. The highest BCUT2D eigenvalue weighted by Gasteiger charge is 2.14. The smallest absolute Gasteiger partial charge is 0.133 e. The molecule has 1 N–H and O–H groups in total. The van der Waals surface area contributed by atoms with Crippen molar-refractivity contribution < 1.29 is 14.6 Å². The third-order valence-electron chi connectivity index (χ3n) is 3.22. The molecule has 1 unspecified atom stereocenters. The van der Waals surface area contributed by atoms with Gasteiger partial charge in [-0.15, -0.1) is 0 Å². The number of aliphatic hydroxyl groups is 1. The Hall–Kier alpha value is -1.58. The van der Waals surface area contributed by atoms with Gasteiger partial charge in [-0.2, -0.15) is 0 Å². The minimum atomic E-state index is -0.558. The first kappa shape index (κ1) is 13.8. The first-order valence-corrected chi connectivity index (χ1v) is 6.48. The van der Waals surface area contributed by atoms with Gasteiger partial charge in [0.25, 0.3) is 0 Å². The summed E-state index contributed by atoms with van der Waals surface area (Å²) in [5, 5.41) is 12.0. The maximum Gasteiger partial charge on any atom is 0.133 e. The Bertz CT molecular complexity index is 549. The van der Waals surface area contributed by atoms with E-state index in [2.05, 4.69) is 0 Å². The van der Waals surface area contributed by atoms with E-state index < -0.39 is 6.10 Å². The number of benzene rings is 2. The van der Waals surface area contributed by atoms with Crippen molar-refractivity contribution in [2.45, 2.75) is 26.1 Å². The summed E-state index contributed by atoms with van der Waals surface area (Å²) in [5.74, 6) is 0.747. The van der Waals surface area contributed by atoms with E-state index in [1.54, 1.807) is 14.0 Å². The maximum absolute atomic E-state index is 9.88. The summed E-state index contributed by atoms with van der Waals surface area (Å²) in [7, 11) is 1.66. The predicted molar refractivity (Wildman–Crippen MR) is 76.5 cm³/mol. The molecule has 3 nitrogen and oxygen atoms in total. The average molecular weight is 260 g/mol. The van der Waals surface area contributed by atoms with Crippen molar-refractivity contribution in [1.29, 1.82) is 0 Å². The van der Waals surface area contributed by atoms with Crippen LogP contribution in [-0.4, -0.2) is 24.9 Å². The second kappa shape index (κ2) is 6.04. The van der Waals surface area contributed by atoms with Gasteiger partial charge in [-0.3, -0.25) is 0 Å². The van der Waals surface area contributed by atoms with Gasteiger partial charge in [0.05, 0.1) is 12.2 Å². The lowest BCUT2D eigenvalue weighted by molar-refractivity contribution is 0.0706. The lowest BCUT2D eigenvalue weighted by Gasteiger charge is -2.18. The topological polar surface area (TPSA) is 38.7 Å². The molecule has 2 aromatic carbocycles. The van der Waals surface area contributed by atoms with Gasteiger partial charge in [0.1, 0.15) is 12.4 Å². The number of methoxy groups -OCH3 is 1. The molecule has 0 radical (unpaired) electrons. The number of hydrogen-bond acceptors (Lipinski definition) is 3. The maximum atomic E-state index is 9.88. The second-order valence-corrected chi connectivity index (χ2v) is 4.74. The zero-order chi connectivity index (χ0) is 13.8. The van der Waals surface area contributed by atoms with Gasteiger partial charge in [0.15, 0.2) is 0 Å². The van der Waals surface area contributed by atoms with Crippen molar-refractivity contribution >= 4 is 10.8 Å². The van der Waals surface area contributed by atoms with Gasteiger partial charge < -0.3 is 14.6 Å². The summed E-state index contributed by atoms with van der Waals surface area (Å²) in [6, 6.07) is 11.9. The quantitative estimate of drug-likeness (QED) is 0.896. The fourth-order valence-electron chi connectivity index (χ4n) is 2.02. The Kier molecular flexibility index (Phi) is 4.40. The summed E-state index contributed by atoms with van der Waals surface area (Å²) in [6.07, 6.45) is -0.543. The third kappa shape index (κ3) is 3.06.